The number of allylic oxidation sites excluding steroid dienone is 1. The molecule has 0 unspecified atom stereocenters. The standard InChI is InChI=1S/C8H11F5O/c1-2-3-4-5-14-7(10)6(9)8(11,12)13/h2-5H2,1H3. The highest BCUT2D eigenvalue weighted by molar-refractivity contribution is 4.99. The topological polar surface area (TPSA) is 9.23 Å². The van der Waals surface area contributed by atoms with E-state index in [1.54, 1.807) is 0 Å². The second kappa shape index (κ2) is 5.82. The lowest BCUT2D eigenvalue weighted by Crippen LogP contribution is -2.10. The summed E-state index contributed by atoms with van der Waals surface area (Å²) >= 11 is 0. The van der Waals surface area contributed by atoms with Crippen LogP contribution in [0.3, 0.4) is 0 Å². The van der Waals surface area contributed by atoms with Crippen LogP contribution in [-0.4, -0.2) is 12.8 Å². The van der Waals surface area contributed by atoms with Crippen LogP contribution in [0.5, 0.6) is 0 Å². The summed E-state index contributed by atoms with van der Waals surface area (Å²) in [6.45, 7) is 1.62. The molecule has 0 aromatic carbocycles. The van der Waals surface area contributed by atoms with Crippen molar-refractivity contribution in [1.82, 2.24) is 0 Å². The van der Waals surface area contributed by atoms with E-state index in [-0.39, 0.29) is 6.61 Å². The van der Waals surface area contributed by atoms with E-state index in [0.29, 0.717) is 12.8 Å². The Morgan fingerprint density at radius 3 is 2.14 bits per heavy atom. The first-order valence-corrected chi connectivity index (χ1v) is 4.14. The monoisotopic (exact) mass is 218 g/mol. The zero-order valence-electron chi connectivity index (χ0n) is 7.63. The summed E-state index contributed by atoms with van der Waals surface area (Å²) < 4.78 is 62.9. The molecule has 0 aliphatic carbocycles. The van der Waals surface area contributed by atoms with Crippen molar-refractivity contribution >= 4 is 0 Å². The SMILES string of the molecule is CCCCCOC(F)=C(F)C(F)(F)F. The van der Waals surface area contributed by atoms with E-state index in [2.05, 4.69) is 4.74 Å². The van der Waals surface area contributed by atoms with Crippen LogP contribution >= 0.6 is 0 Å². The highest BCUT2D eigenvalue weighted by atomic mass is 19.4. The van der Waals surface area contributed by atoms with Crippen molar-refractivity contribution in [3.63, 3.8) is 0 Å². The normalized spacial score (nSPS) is 13.9. The Morgan fingerprint density at radius 2 is 1.71 bits per heavy atom. The van der Waals surface area contributed by atoms with E-state index >= 15 is 0 Å². The molecule has 0 rings (SSSR count). The van der Waals surface area contributed by atoms with Crippen LogP contribution in [0.1, 0.15) is 26.2 Å². The van der Waals surface area contributed by atoms with Gasteiger partial charge in [0.25, 0.3) is 5.83 Å². The summed E-state index contributed by atoms with van der Waals surface area (Å²) in [7, 11) is 0. The fourth-order valence-corrected chi connectivity index (χ4v) is 0.689. The van der Waals surface area contributed by atoms with E-state index < -0.39 is 18.0 Å². The lowest BCUT2D eigenvalue weighted by Gasteiger charge is -2.06. The number of hydrogen-bond donors (Lipinski definition) is 0. The van der Waals surface area contributed by atoms with Crippen LogP contribution in [0.15, 0.2) is 11.8 Å². The fraction of sp³-hybridized carbons (Fsp3) is 0.750. The predicted molar refractivity (Wildman–Crippen MR) is 40.8 cm³/mol. The van der Waals surface area contributed by atoms with Crippen molar-refractivity contribution in [2.75, 3.05) is 6.61 Å². The van der Waals surface area contributed by atoms with Gasteiger partial charge < -0.3 is 4.74 Å². The van der Waals surface area contributed by atoms with Gasteiger partial charge in [-0.05, 0) is 6.42 Å². The average Bonchev–Trinajstić information content (AvgIpc) is 2.09. The minimum absolute atomic E-state index is 0.247. The van der Waals surface area contributed by atoms with Gasteiger partial charge >= 0.3 is 12.2 Å². The van der Waals surface area contributed by atoms with Gasteiger partial charge in [-0.3, -0.25) is 0 Å². The van der Waals surface area contributed by atoms with Gasteiger partial charge in [0.15, 0.2) is 0 Å². The summed E-state index contributed by atoms with van der Waals surface area (Å²) in [5, 5.41) is 0. The molecule has 0 radical (unpaired) electrons. The van der Waals surface area contributed by atoms with E-state index in [4.69, 9.17) is 0 Å². The van der Waals surface area contributed by atoms with E-state index in [9.17, 15) is 22.0 Å². The highest BCUT2D eigenvalue weighted by Crippen LogP contribution is 2.30. The minimum atomic E-state index is -5.31. The maximum atomic E-state index is 12.3. The van der Waals surface area contributed by atoms with Gasteiger partial charge in [0, 0.05) is 0 Å². The molecule has 0 aliphatic rings. The molecule has 0 bridgehead atoms. The molecular weight excluding hydrogens is 207 g/mol. The molecule has 84 valence electrons. The molecule has 0 amide bonds. The maximum Gasteiger partial charge on any atom is 0.449 e. The zero-order chi connectivity index (χ0) is 11.2. The van der Waals surface area contributed by atoms with Crippen molar-refractivity contribution in [3.8, 4) is 0 Å². The Morgan fingerprint density at radius 1 is 1.14 bits per heavy atom. The number of alkyl halides is 3. The van der Waals surface area contributed by atoms with Crippen molar-refractivity contribution in [2.45, 2.75) is 32.4 Å². The lowest BCUT2D eigenvalue weighted by molar-refractivity contribution is -0.116. The average molecular weight is 218 g/mol. The van der Waals surface area contributed by atoms with Crippen molar-refractivity contribution < 1.29 is 26.7 Å². The van der Waals surface area contributed by atoms with Gasteiger partial charge in [-0.15, -0.1) is 0 Å². The maximum absolute atomic E-state index is 12.3. The minimum Gasteiger partial charge on any atom is -0.469 e. The molecule has 0 aromatic heterocycles. The third-order valence-electron chi connectivity index (χ3n) is 1.40. The van der Waals surface area contributed by atoms with Crippen molar-refractivity contribution in [1.29, 1.82) is 0 Å². The van der Waals surface area contributed by atoms with Crippen molar-refractivity contribution in [2.24, 2.45) is 0 Å². The second-order valence-corrected chi connectivity index (χ2v) is 2.64. The van der Waals surface area contributed by atoms with Crippen LogP contribution in [-0.2, 0) is 4.74 Å². The molecule has 0 heterocycles. The number of hydrogen-bond acceptors (Lipinski definition) is 1. The van der Waals surface area contributed by atoms with Crippen LogP contribution in [0.4, 0.5) is 22.0 Å². The number of rotatable bonds is 5. The van der Waals surface area contributed by atoms with Crippen LogP contribution in [0, 0.1) is 0 Å². The zero-order valence-corrected chi connectivity index (χ0v) is 7.63. The lowest BCUT2D eigenvalue weighted by atomic mass is 10.3. The smallest absolute Gasteiger partial charge is 0.449 e. The molecule has 6 heteroatoms. The Balaban J connectivity index is 3.99. The van der Waals surface area contributed by atoms with Gasteiger partial charge in [0.1, 0.15) is 0 Å². The van der Waals surface area contributed by atoms with E-state index in [1.165, 1.54) is 0 Å². The fourth-order valence-electron chi connectivity index (χ4n) is 0.689. The first-order valence-electron chi connectivity index (χ1n) is 4.14. The van der Waals surface area contributed by atoms with Crippen LogP contribution in [0.2, 0.25) is 0 Å². The van der Waals surface area contributed by atoms with Gasteiger partial charge in [-0.1, -0.05) is 19.8 Å². The molecule has 0 fully saturated rings. The summed E-state index contributed by atoms with van der Waals surface area (Å²) in [6, 6.07) is -2.19. The second-order valence-electron chi connectivity index (χ2n) is 2.64. The number of unbranched alkanes of at least 4 members (excludes halogenated alkanes) is 2. The molecular formula is C8H11F5O. The molecule has 0 saturated heterocycles. The Labute approximate surface area is 78.5 Å². The first-order chi connectivity index (χ1) is 6.39. The van der Waals surface area contributed by atoms with Crippen LogP contribution in [0.25, 0.3) is 0 Å². The number of halogens is 5. The first kappa shape index (κ1) is 13.2. The van der Waals surface area contributed by atoms with Gasteiger partial charge in [0.05, 0.1) is 6.61 Å². The third-order valence-corrected chi connectivity index (χ3v) is 1.40. The van der Waals surface area contributed by atoms with Gasteiger partial charge in [-0.2, -0.15) is 22.0 Å². The molecule has 14 heavy (non-hydrogen) atoms. The Bertz CT molecular complexity index is 196. The summed E-state index contributed by atoms with van der Waals surface area (Å²) in [5.74, 6) is -2.81. The van der Waals surface area contributed by atoms with Crippen molar-refractivity contribution in [3.05, 3.63) is 11.8 Å². The Hall–Kier alpha value is -0.810. The molecule has 0 aliphatic heterocycles. The van der Waals surface area contributed by atoms with E-state index in [1.807, 2.05) is 6.92 Å². The van der Waals surface area contributed by atoms with Crippen LogP contribution < -0.4 is 0 Å². The summed E-state index contributed by atoms with van der Waals surface area (Å²) in [4.78, 5) is 0. The highest BCUT2D eigenvalue weighted by Gasteiger charge is 2.39. The quantitative estimate of drug-likeness (QED) is 0.386. The molecule has 0 spiro atoms. The molecule has 0 aromatic rings. The Kier molecular flexibility index (Phi) is 5.49. The van der Waals surface area contributed by atoms with Gasteiger partial charge in [0.2, 0.25) is 0 Å². The number of ether oxygens (including phenoxy) is 1. The molecule has 0 atom stereocenters. The summed E-state index contributed by atoms with van der Waals surface area (Å²) in [5.41, 5.74) is 0. The molecule has 1 nitrogen and oxygen atoms in total. The summed E-state index contributed by atoms with van der Waals surface area (Å²) in [6.07, 6.45) is -3.40. The largest absolute Gasteiger partial charge is 0.469 e. The predicted octanol–water partition coefficient (Wildman–Crippen LogP) is 3.86. The van der Waals surface area contributed by atoms with Gasteiger partial charge in [-0.25, -0.2) is 0 Å². The molecule has 0 N–H and O–H groups in total. The van der Waals surface area contributed by atoms with E-state index in [0.717, 1.165) is 6.42 Å². The molecule has 0 saturated carbocycles. The third kappa shape index (κ3) is 5.04.